The fourth-order valence-corrected chi connectivity index (χ4v) is 2.16. The van der Waals surface area contributed by atoms with E-state index in [0.29, 0.717) is 18.7 Å². The molecule has 0 aliphatic heterocycles. The molecule has 1 N–H and O–H groups in total. The lowest BCUT2D eigenvalue weighted by Gasteiger charge is -2.22. The molecule has 1 atom stereocenters. The molecule has 1 heterocycles. The molecule has 0 aromatic carbocycles. The van der Waals surface area contributed by atoms with Gasteiger partial charge in [0, 0.05) is 24.2 Å². The maximum atomic E-state index is 12.0. The molecule has 0 radical (unpaired) electrons. The number of pyridine rings is 1. The molecule has 0 amide bonds. The van der Waals surface area contributed by atoms with Gasteiger partial charge >= 0.3 is 11.9 Å². The van der Waals surface area contributed by atoms with Gasteiger partial charge in [-0.05, 0) is 45.7 Å². The van der Waals surface area contributed by atoms with E-state index in [-0.39, 0.29) is 18.4 Å². The molecule has 1 aromatic rings. The lowest BCUT2D eigenvalue weighted by molar-refractivity contribution is -0.148. The predicted molar refractivity (Wildman–Crippen MR) is 95.6 cm³/mol. The number of nitrogens with one attached hydrogen (secondary N) is 1. The minimum Gasteiger partial charge on any atom is -0.466 e. The molecule has 0 bridgehead atoms. The van der Waals surface area contributed by atoms with Crippen molar-refractivity contribution in [1.29, 1.82) is 0 Å². The summed E-state index contributed by atoms with van der Waals surface area (Å²) in [4.78, 5) is 28.0. The second kappa shape index (κ2) is 9.81. The van der Waals surface area contributed by atoms with Gasteiger partial charge in [0.2, 0.25) is 0 Å². The van der Waals surface area contributed by atoms with E-state index in [1.165, 1.54) is 6.08 Å². The van der Waals surface area contributed by atoms with E-state index < -0.39 is 11.6 Å². The van der Waals surface area contributed by atoms with Crippen LogP contribution in [-0.2, 0) is 19.1 Å². The molecule has 0 saturated carbocycles. The highest BCUT2D eigenvalue weighted by Crippen LogP contribution is 2.19. The van der Waals surface area contributed by atoms with E-state index in [2.05, 4.69) is 10.3 Å². The van der Waals surface area contributed by atoms with Gasteiger partial charge in [0.15, 0.2) is 0 Å². The summed E-state index contributed by atoms with van der Waals surface area (Å²) >= 11 is 0. The summed E-state index contributed by atoms with van der Waals surface area (Å²) in [5.41, 5.74) is 0.978. The number of carbonyl (C=O) groups excluding carboxylic acids is 2. The average molecular weight is 348 g/mol. The lowest BCUT2D eigenvalue weighted by atomic mass is 10.0. The molecule has 0 aliphatic carbocycles. The van der Waals surface area contributed by atoms with E-state index >= 15 is 0 Å². The summed E-state index contributed by atoms with van der Waals surface area (Å²) in [6.07, 6.45) is 5.53. The van der Waals surface area contributed by atoms with Crippen molar-refractivity contribution in [2.75, 3.05) is 6.61 Å². The molecule has 0 saturated heterocycles. The van der Waals surface area contributed by atoms with Crippen molar-refractivity contribution >= 4 is 11.9 Å². The van der Waals surface area contributed by atoms with E-state index in [1.807, 2.05) is 33.8 Å². The highest BCUT2D eigenvalue weighted by Gasteiger charge is 2.19. The van der Waals surface area contributed by atoms with Crippen LogP contribution >= 0.6 is 0 Å². The fraction of sp³-hybridized carbons (Fsp3) is 0.526. The van der Waals surface area contributed by atoms with Crippen LogP contribution in [0.15, 0.2) is 36.3 Å². The summed E-state index contributed by atoms with van der Waals surface area (Å²) in [6, 6.07) is 3.35. The van der Waals surface area contributed by atoms with E-state index in [1.54, 1.807) is 25.4 Å². The Balaban J connectivity index is 2.93. The largest absolute Gasteiger partial charge is 0.466 e. The SMILES string of the molecule is CCOC(=O)CC(N/C(=C\C(=O)OC(C)(C)C)CC)c1cccnc1. The van der Waals surface area contributed by atoms with Gasteiger partial charge in [-0.3, -0.25) is 9.78 Å². The van der Waals surface area contributed by atoms with Crippen molar-refractivity contribution < 1.29 is 19.1 Å². The first-order valence-corrected chi connectivity index (χ1v) is 8.50. The van der Waals surface area contributed by atoms with Crippen LogP contribution in [0, 0.1) is 0 Å². The third kappa shape index (κ3) is 8.33. The Kier molecular flexibility index (Phi) is 8.11. The second-order valence-electron chi connectivity index (χ2n) is 6.55. The van der Waals surface area contributed by atoms with Crippen LogP contribution in [0.25, 0.3) is 0 Å². The highest BCUT2D eigenvalue weighted by atomic mass is 16.6. The maximum Gasteiger partial charge on any atom is 0.333 e. The van der Waals surface area contributed by atoms with E-state index in [0.717, 1.165) is 5.56 Å². The normalized spacial score (nSPS) is 13.1. The molecule has 6 heteroatoms. The van der Waals surface area contributed by atoms with Crippen LogP contribution < -0.4 is 5.32 Å². The molecule has 138 valence electrons. The zero-order valence-corrected chi connectivity index (χ0v) is 15.7. The number of aromatic nitrogens is 1. The summed E-state index contributed by atoms with van der Waals surface area (Å²) in [7, 11) is 0. The molecule has 0 aliphatic rings. The fourth-order valence-electron chi connectivity index (χ4n) is 2.16. The van der Waals surface area contributed by atoms with Crippen molar-refractivity contribution in [2.45, 2.75) is 59.1 Å². The van der Waals surface area contributed by atoms with Crippen LogP contribution in [0.1, 0.15) is 59.1 Å². The molecule has 1 unspecified atom stereocenters. The van der Waals surface area contributed by atoms with E-state index in [4.69, 9.17) is 9.47 Å². The summed E-state index contributed by atoms with van der Waals surface area (Å²) in [5, 5.41) is 3.25. The van der Waals surface area contributed by atoms with Crippen LogP contribution in [0.5, 0.6) is 0 Å². The molecule has 1 aromatic heterocycles. The average Bonchev–Trinajstić information content (AvgIpc) is 2.52. The third-order valence-corrected chi connectivity index (χ3v) is 3.20. The molecule has 25 heavy (non-hydrogen) atoms. The van der Waals surface area contributed by atoms with Crippen molar-refractivity contribution in [3.05, 3.63) is 41.9 Å². The van der Waals surface area contributed by atoms with Crippen LogP contribution in [-0.4, -0.2) is 29.1 Å². The van der Waals surface area contributed by atoms with Gasteiger partial charge in [-0.25, -0.2) is 4.79 Å². The molecule has 6 nitrogen and oxygen atoms in total. The number of rotatable bonds is 8. The third-order valence-electron chi connectivity index (χ3n) is 3.20. The van der Waals surface area contributed by atoms with Crippen molar-refractivity contribution in [3.8, 4) is 0 Å². The zero-order chi connectivity index (χ0) is 18.9. The Bertz CT molecular complexity index is 591. The monoisotopic (exact) mass is 348 g/mol. The standard InChI is InChI=1S/C19H28N2O4/c1-6-15(11-18(23)25-19(3,4)5)21-16(12-17(22)24-7-2)14-9-8-10-20-13-14/h8-11,13,16,21H,6-7,12H2,1-5H3/b15-11-. The zero-order valence-electron chi connectivity index (χ0n) is 15.7. The number of nitrogens with zero attached hydrogens (tertiary/aromatic N) is 1. The predicted octanol–water partition coefficient (Wildman–Crippen LogP) is 3.30. The van der Waals surface area contributed by atoms with Gasteiger partial charge < -0.3 is 14.8 Å². The van der Waals surface area contributed by atoms with Gasteiger partial charge in [0.05, 0.1) is 19.1 Å². The molecular weight excluding hydrogens is 320 g/mol. The summed E-state index contributed by atoms with van der Waals surface area (Å²) < 4.78 is 10.4. The first-order valence-electron chi connectivity index (χ1n) is 8.50. The van der Waals surface area contributed by atoms with Gasteiger partial charge in [-0.2, -0.15) is 0 Å². The van der Waals surface area contributed by atoms with Crippen molar-refractivity contribution in [1.82, 2.24) is 10.3 Å². The Morgan fingerprint density at radius 2 is 2.04 bits per heavy atom. The number of hydrogen-bond donors (Lipinski definition) is 1. The Morgan fingerprint density at radius 1 is 1.32 bits per heavy atom. The highest BCUT2D eigenvalue weighted by molar-refractivity contribution is 5.83. The molecule has 0 spiro atoms. The number of carbonyl (C=O) groups is 2. The molecular formula is C19H28N2O4. The topological polar surface area (TPSA) is 77.5 Å². The van der Waals surface area contributed by atoms with Gasteiger partial charge in [-0.1, -0.05) is 13.0 Å². The minimum absolute atomic E-state index is 0.144. The Labute approximate surface area is 149 Å². The van der Waals surface area contributed by atoms with Crippen molar-refractivity contribution in [2.24, 2.45) is 0 Å². The first kappa shape index (κ1) is 20.7. The summed E-state index contributed by atoms with van der Waals surface area (Å²) in [5.74, 6) is -0.727. The van der Waals surface area contributed by atoms with Gasteiger partial charge in [0.1, 0.15) is 5.60 Å². The van der Waals surface area contributed by atoms with Gasteiger partial charge in [0.25, 0.3) is 0 Å². The Hall–Kier alpha value is -2.37. The number of hydrogen-bond acceptors (Lipinski definition) is 6. The first-order chi connectivity index (χ1) is 11.7. The second-order valence-corrected chi connectivity index (χ2v) is 6.55. The summed E-state index contributed by atoms with van der Waals surface area (Å²) in [6.45, 7) is 9.47. The van der Waals surface area contributed by atoms with Crippen molar-refractivity contribution in [3.63, 3.8) is 0 Å². The van der Waals surface area contributed by atoms with Gasteiger partial charge in [-0.15, -0.1) is 0 Å². The minimum atomic E-state index is -0.555. The molecule has 1 rings (SSSR count). The van der Waals surface area contributed by atoms with Crippen LogP contribution in [0.3, 0.4) is 0 Å². The Morgan fingerprint density at radius 3 is 2.56 bits per heavy atom. The number of ether oxygens (including phenoxy) is 2. The smallest absolute Gasteiger partial charge is 0.333 e. The van der Waals surface area contributed by atoms with Crippen LogP contribution in [0.4, 0.5) is 0 Å². The molecule has 0 fully saturated rings. The number of esters is 2. The van der Waals surface area contributed by atoms with Crippen LogP contribution in [0.2, 0.25) is 0 Å². The van der Waals surface area contributed by atoms with E-state index in [9.17, 15) is 9.59 Å². The maximum absolute atomic E-state index is 12.0. The lowest BCUT2D eigenvalue weighted by Crippen LogP contribution is -2.27. The quantitative estimate of drug-likeness (QED) is 0.574. The number of allylic oxidation sites excluding steroid dienone is 1.